The van der Waals surface area contributed by atoms with Gasteiger partial charge in [-0.05, 0) is 18.2 Å². The van der Waals surface area contributed by atoms with Crippen molar-refractivity contribution >= 4 is 16.7 Å². The van der Waals surface area contributed by atoms with Crippen LogP contribution in [0.2, 0.25) is 0 Å². The minimum atomic E-state index is -0.933. The van der Waals surface area contributed by atoms with E-state index in [4.69, 9.17) is 14.6 Å². The first-order valence-electron chi connectivity index (χ1n) is 7.88. The van der Waals surface area contributed by atoms with Gasteiger partial charge in [-0.15, -0.1) is 0 Å². The molecule has 3 aromatic rings. The summed E-state index contributed by atoms with van der Waals surface area (Å²) in [5, 5.41) is 11.1. The molecule has 0 aliphatic rings. The van der Waals surface area contributed by atoms with E-state index in [9.17, 15) is 4.79 Å². The Morgan fingerprint density at radius 1 is 1.00 bits per heavy atom. The Labute approximate surface area is 146 Å². The van der Waals surface area contributed by atoms with Gasteiger partial charge in [0.25, 0.3) is 0 Å². The molecule has 1 N–H and O–H groups in total. The topological polar surface area (TPSA) is 59.6 Å². The van der Waals surface area contributed by atoms with Crippen molar-refractivity contribution in [3.05, 3.63) is 59.4 Å². The lowest BCUT2D eigenvalue weighted by molar-refractivity contribution is -0.607. The number of carbonyl (C=O) groups is 1. The summed E-state index contributed by atoms with van der Waals surface area (Å²) in [6, 6.07) is 12.8. The lowest BCUT2D eigenvalue weighted by atomic mass is 10.1. The molecule has 25 heavy (non-hydrogen) atoms. The van der Waals surface area contributed by atoms with Crippen molar-refractivity contribution in [2.75, 3.05) is 14.2 Å². The summed E-state index contributed by atoms with van der Waals surface area (Å²) in [5.74, 6) is 0.548. The molecule has 0 amide bonds. The summed E-state index contributed by atoms with van der Waals surface area (Å²) < 4.78 is 13.0. The van der Waals surface area contributed by atoms with Crippen LogP contribution in [-0.4, -0.2) is 25.3 Å². The van der Waals surface area contributed by atoms with Crippen molar-refractivity contribution < 1.29 is 23.9 Å². The zero-order chi connectivity index (χ0) is 18.1. The molecule has 0 spiro atoms. The largest absolute Gasteiger partial charge is 0.497 e. The Morgan fingerprint density at radius 3 is 2.24 bits per heavy atom. The average Bonchev–Trinajstić information content (AvgIpc) is 2.60. The molecule has 0 atom stereocenters. The molecular formula is C20H20NO4+. The number of aromatic nitrogens is 1. The van der Waals surface area contributed by atoms with Gasteiger partial charge in [0.1, 0.15) is 11.5 Å². The minimum absolute atomic E-state index is 0.266. The fourth-order valence-corrected chi connectivity index (χ4v) is 3.21. The number of hydrogen-bond donors (Lipinski definition) is 1. The van der Waals surface area contributed by atoms with E-state index in [1.807, 2.05) is 38.1 Å². The van der Waals surface area contributed by atoms with Gasteiger partial charge in [-0.3, -0.25) is 0 Å². The predicted molar refractivity (Wildman–Crippen MR) is 95.0 cm³/mol. The Morgan fingerprint density at radius 2 is 1.68 bits per heavy atom. The summed E-state index contributed by atoms with van der Waals surface area (Å²) in [6.45, 7) is 4.04. The molecule has 0 bridgehead atoms. The number of hydrogen-bond acceptors (Lipinski definition) is 3. The van der Waals surface area contributed by atoms with Gasteiger partial charge in [-0.2, -0.15) is 4.57 Å². The fraction of sp³-hybridized carbons (Fsp3) is 0.200. The first kappa shape index (κ1) is 16.8. The maximum absolute atomic E-state index is 11.1. The molecule has 0 radical (unpaired) electrons. The second kappa shape index (κ2) is 6.43. The van der Waals surface area contributed by atoms with Crippen molar-refractivity contribution in [1.29, 1.82) is 0 Å². The predicted octanol–water partition coefficient (Wildman–Crippen LogP) is 3.45. The van der Waals surface area contributed by atoms with E-state index in [2.05, 4.69) is 10.6 Å². The maximum atomic E-state index is 11.1. The molecule has 1 heterocycles. The average molecular weight is 338 g/mol. The number of carboxylic acids is 1. The Hall–Kier alpha value is -3.08. The van der Waals surface area contributed by atoms with Gasteiger partial charge in [-0.1, -0.05) is 0 Å². The second-order valence-electron chi connectivity index (χ2n) is 5.85. The number of rotatable bonds is 4. The number of aromatic carboxylic acids is 1. The van der Waals surface area contributed by atoms with Crippen LogP contribution >= 0.6 is 0 Å². The lowest BCUT2D eigenvalue weighted by Gasteiger charge is -2.12. The number of nitrogens with zero attached hydrogens (tertiary/aromatic N) is 1. The number of benzene rings is 2. The number of ether oxygens (including phenoxy) is 2. The molecule has 2 aromatic carbocycles. The van der Waals surface area contributed by atoms with Crippen LogP contribution in [-0.2, 0) is 0 Å². The van der Waals surface area contributed by atoms with E-state index in [1.54, 1.807) is 26.4 Å². The fourth-order valence-electron chi connectivity index (χ4n) is 3.21. The normalized spacial score (nSPS) is 10.7. The van der Waals surface area contributed by atoms with E-state index in [1.165, 1.54) is 0 Å². The Balaban J connectivity index is 2.27. The molecule has 1 aromatic heterocycles. The monoisotopic (exact) mass is 338 g/mol. The van der Waals surface area contributed by atoms with E-state index in [0.29, 0.717) is 0 Å². The van der Waals surface area contributed by atoms with Crippen LogP contribution in [0.4, 0.5) is 0 Å². The highest BCUT2D eigenvalue weighted by Gasteiger charge is 2.21. The number of aryl methyl sites for hydroxylation is 2. The first-order chi connectivity index (χ1) is 12.0. The Kier molecular flexibility index (Phi) is 4.31. The summed E-state index contributed by atoms with van der Waals surface area (Å²) in [4.78, 5) is 11.1. The standard InChI is InChI=1S/C20H19NO4/c1-12-9-15-10-17(24-3)11-18(25-4)19(15)13(2)21(12)16-7-5-14(6-8-16)20(22)23/h5-11H,1-4H3/p+1. The molecule has 3 rings (SSSR count). The smallest absolute Gasteiger partial charge is 0.335 e. The maximum Gasteiger partial charge on any atom is 0.335 e. The number of pyridine rings is 1. The summed E-state index contributed by atoms with van der Waals surface area (Å²) in [7, 11) is 3.27. The summed E-state index contributed by atoms with van der Waals surface area (Å²) in [6.07, 6.45) is 0. The van der Waals surface area contributed by atoms with Crippen molar-refractivity contribution in [3.8, 4) is 17.2 Å². The van der Waals surface area contributed by atoms with Gasteiger partial charge in [0.2, 0.25) is 5.69 Å². The van der Waals surface area contributed by atoms with Gasteiger partial charge in [-0.25, -0.2) is 4.79 Å². The molecular weight excluding hydrogens is 318 g/mol. The van der Waals surface area contributed by atoms with Crippen LogP contribution in [0, 0.1) is 13.8 Å². The van der Waals surface area contributed by atoms with Crippen LogP contribution in [0.5, 0.6) is 11.5 Å². The van der Waals surface area contributed by atoms with Crippen molar-refractivity contribution in [1.82, 2.24) is 0 Å². The van der Waals surface area contributed by atoms with E-state index >= 15 is 0 Å². The number of carboxylic acid groups (broad SMARTS) is 1. The molecule has 0 aliphatic carbocycles. The third-order valence-corrected chi connectivity index (χ3v) is 4.35. The first-order valence-corrected chi connectivity index (χ1v) is 7.88. The highest BCUT2D eigenvalue weighted by atomic mass is 16.5. The van der Waals surface area contributed by atoms with Crippen LogP contribution < -0.4 is 14.0 Å². The second-order valence-corrected chi connectivity index (χ2v) is 5.85. The van der Waals surface area contributed by atoms with Crippen molar-refractivity contribution in [3.63, 3.8) is 0 Å². The van der Waals surface area contributed by atoms with Crippen molar-refractivity contribution in [2.45, 2.75) is 13.8 Å². The quantitative estimate of drug-likeness (QED) is 0.740. The van der Waals surface area contributed by atoms with E-state index in [-0.39, 0.29) is 5.56 Å². The molecule has 0 aliphatic heterocycles. The van der Waals surface area contributed by atoms with Gasteiger partial charge in [0, 0.05) is 43.5 Å². The van der Waals surface area contributed by atoms with Crippen LogP contribution in [0.25, 0.3) is 16.5 Å². The van der Waals surface area contributed by atoms with Gasteiger partial charge in [0.15, 0.2) is 11.4 Å². The minimum Gasteiger partial charge on any atom is -0.497 e. The third kappa shape index (κ3) is 2.89. The number of methoxy groups -OCH3 is 2. The van der Waals surface area contributed by atoms with E-state index < -0.39 is 5.97 Å². The third-order valence-electron chi connectivity index (χ3n) is 4.35. The highest BCUT2D eigenvalue weighted by molar-refractivity contribution is 5.91. The van der Waals surface area contributed by atoms with Gasteiger partial charge < -0.3 is 14.6 Å². The molecule has 5 heteroatoms. The highest BCUT2D eigenvalue weighted by Crippen LogP contribution is 2.33. The molecule has 0 saturated carbocycles. The van der Waals surface area contributed by atoms with E-state index in [0.717, 1.165) is 39.3 Å². The Bertz CT molecular complexity index is 962. The van der Waals surface area contributed by atoms with Crippen LogP contribution in [0.3, 0.4) is 0 Å². The van der Waals surface area contributed by atoms with Crippen LogP contribution in [0.1, 0.15) is 21.7 Å². The molecule has 0 fully saturated rings. The van der Waals surface area contributed by atoms with Crippen LogP contribution in [0.15, 0.2) is 42.5 Å². The van der Waals surface area contributed by atoms with Gasteiger partial charge in [0.05, 0.1) is 25.2 Å². The zero-order valence-electron chi connectivity index (χ0n) is 14.7. The molecule has 128 valence electrons. The summed E-state index contributed by atoms with van der Waals surface area (Å²) in [5.41, 5.74) is 3.21. The summed E-state index contributed by atoms with van der Waals surface area (Å²) >= 11 is 0. The molecule has 5 nitrogen and oxygen atoms in total. The van der Waals surface area contributed by atoms with Crippen molar-refractivity contribution in [2.24, 2.45) is 0 Å². The van der Waals surface area contributed by atoms with Gasteiger partial charge >= 0.3 is 5.97 Å². The molecule has 0 saturated heterocycles. The zero-order valence-corrected chi connectivity index (χ0v) is 14.7. The lowest BCUT2D eigenvalue weighted by Crippen LogP contribution is -2.37. The molecule has 0 unspecified atom stereocenters. The SMILES string of the molecule is COc1cc(OC)c2c(C)[n+](-c3ccc(C(=O)O)cc3)c(C)cc2c1. The number of fused-ring (bicyclic) bond motifs is 1.